The van der Waals surface area contributed by atoms with Crippen LogP contribution in [0.3, 0.4) is 0 Å². The van der Waals surface area contributed by atoms with Crippen LogP contribution in [0.2, 0.25) is 0 Å². The first-order valence-corrected chi connectivity index (χ1v) is 2.81. The second-order valence-corrected chi connectivity index (χ2v) is 2.83. The number of aliphatic carboxylic acids is 1. The highest BCUT2D eigenvalue weighted by atomic mass is 16.4. The maximum atomic E-state index is 10.3. The first-order chi connectivity index (χ1) is 3.57. The molecule has 1 unspecified atom stereocenters. The molecule has 46 valence electrons. The number of carbonyl (C=O) groups is 1. The Hall–Kier alpha value is -0.530. The summed E-state index contributed by atoms with van der Waals surface area (Å²) >= 11 is 0. The van der Waals surface area contributed by atoms with E-state index in [4.69, 9.17) is 5.11 Å². The molecule has 0 amide bonds. The second kappa shape index (κ2) is 1.24. The molecule has 0 bridgehead atoms. The quantitative estimate of drug-likeness (QED) is 0.554. The predicted molar refractivity (Wildman–Crippen MR) is 29.5 cm³/mol. The number of carboxylic acids is 1. The van der Waals surface area contributed by atoms with E-state index in [0.29, 0.717) is 5.92 Å². The first-order valence-electron chi connectivity index (χ1n) is 2.81. The highest BCUT2D eigenvalue weighted by Gasteiger charge is 2.53. The van der Waals surface area contributed by atoms with Crippen molar-refractivity contribution >= 4 is 5.97 Å². The van der Waals surface area contributed by atoms with Crippen LogP contribution in [0.25, 0.3) is 0 Å². The zero-order valence-corrected chi connectivity index (χ0v) is 5.14. The fourth-order valence-electron chi connectivity index (χ4n) is 0.875. The molecule has 2 heteroatoms. The van der Waals surface area contributed by atoms with E-state index < -0.39 is 5.97 Å². The third-order valence-corrected chi connectivity index (χ3v) is 2.15. The number of hydrogen-bond acceptors (Lipinski definition) is 1. The fraction of sp³-hybridized carbons (Fsp3) is 0.833. The van der Waals surface area contributed by atoms with Crippen molar-refractivity contribution in [2.24, 2.45) is 11.3 Å². The van der Waals surface area contributed by atoms with Crippen LogP contribution in [-0.4, -0.2) is 11.1 Å². The van der Waals surface area contributed by atoms with Gasteiger partial charge in [-0.2, -0.15) is 0 Å². The van der Waals surface area contributed by atoms with E-state index in [9.17, 15) is 4.79 Å². The van der Waals surface area contributed by atoms with Gasteiger partial charge in [-0.3, -0.25) is 4.79 Å². The van der Waals surface area contributed by atoms with Crippen LogP contribution in [0.5, 0.6) is 0 Å². The van der Waals surface area contributed by atoms with Gasteiger partial charge in [-0.1, -0.05) is 6.92 Å². The van der Waals surface area contributed by atoms with Gasteiger partial charge in [0, 0.05) is 0 Å². The average Bonchev–Trinajstić information content (AvgIpc) is 2.17. The predicted octanol–water partition coefficient (Wildman–Crippen LogP) is 1.12. The molecular formula is C6H10O2. The Morgan fingerprint density at radius 3 is 2.25 bits per heavy atom. The second-order valence-electron chi connectivity index (χ2n) is 2.83. The topological polar surface area (TPSA) is 37.3 Å². The molecule has 1 aliphatic carbocycles. The summed E-state index contributed by atoms with van der Waals surface area (Å²) in [5.41, 5.74) is -0.375. The van der Waals surface area contributed by atoms with E-state index in [2.05, 4.69) is 0 Å². The SMILES string of the molecule is CC1C[C@]1(C)C(=O)O. The minimum Gasteiger partial charge on any atom is -0.481 e. The zero-order valence-electron chi connectivity index (χ0n) is 5.14. The summed E-state index contributed by atoms with van der Waals surface area (Å²) < 4.78 is 0. The Balaban J connectivity index is 2.60. The summed E-state index contributed by atoms with van der Waals surface area (Å²) in [4.78, 5) is 10.3. The molecule has 1 rings (SSSR count). The van der Waals surface area contributed by atoms with E-state index in [-0.39, 0.29) is 5.41 Å². The van der Waals surface area contributed by atoms with Gasteiger partial charge in [0.15, 0.2) is 0 Å². The minimum absolute atomic E-state index is 0.375. The molecular weight excluding hydrogens is 104 g/mol. The van der Waals surface area contributed by atoms with Crippen molar-refractivity contribution in [1.82, 2.24) is 0 Å². The fourth-order valence-corrected chi connectivity index (χ4v) is 0.875. The monoisotopic (exact) mass is 114 g/mol. The van der Waals surface area contributed by atoms with Crippen molar-refractivity contribution in [2.45, 2.75) is 20.3 Å². The van der Waals surface area contributed by atoms with Gasteiger partial charge in [0.05, 0.1) is 5.41 Å². The van der Waals surface area contributed by atoms with Crippen molar-refractivity contribution in [3.8, 4) is 0 Å². The molecule has 8 heavy (non-hydrogen) atoms. The Morgan fingerprint density at radius 2 is 2.25 bits per heavy atom. The van der Waals surface area contributed by atoms with Crippen molar-refractivity contribution in [3.63, 3.8) is 0 Å². The van der Waals surface area contributed by atoms with Gasteiger partial charge in [-0.15, -0.1) is 0 Å². The molecule has 2 nitrogen and oxygen atoms in total. The smallest absolute Gasteiger partial charge is 0.309 e. The van der Waals surface area contributed by atoms with Gasteiger partial charge in [0.2, 0.25) is 0 Å². The van der Waals surface area contributed by atoms with Gasteiger partial charge in [0.25, 0.3) is 0 Å². The summed E-state index contributed by atoms with van der Waals surface area (Å²) in [5, 5.41) is 8.48. The normalized spacial score (nSPS) is 44.0. The third kappa shape index (κ3) is 0.522. The molecule has 0 aliphatic heterocycles. The highest BCUT2D eigenvalue weighted by molar-refractivity contribution is 5.77. The van der Waals surface area contributed by atoms with Crippen LogP contribution < -0.4 is 0 Å². The summed E-state index contributed by atoms with van der Waals surface area (Å²) in [7, 11) is 0. The number of hydrogen-bond donors (Lipinski definition) is 1. The van der Waals surface area contributed by atoms with Crippen LogP contribution in [0.15, 0.2) is 0 Å². The molecule has 1 aliphatic rings. The Bertz CT molecular complexity index is 130. The lowest BCUT2D eigenvalue weighted by Crippen LogP contribution is -2.11. The summed E-state index contributed by atoms with van der Waals surface area (Å²) in [6.45, 7) is 3.76. The Labute approximate surface area is 48.5 Å². The van der Waals surface area contributed by atoms with Crippen molar-refractivity contribution in [1.29, 1.82) is 0 Å². The van der Waals surface area contributed by atoms with Gasteiger partial charge in [-0.25, -0.2) is 0 Å². The van der Waals surface area contributed by atoms with Crippen molar-refractivity contribution in [3.05, 3.63) is 0 Å². The van der Waals surface area contributed by atoms with Crippen LogP contribution in [-0.2, 0) is 4.79 Å². The van der Waals surface area contributed by atoms with Crippen molar-refractivity contribution in [2.75, 3.05) is 0 Å². The van der Waals surface area contributed by atoms with Crippen molar-refractivity contribution < 1.29 is 9.90 Å². The standard InChI is InChI=1S/C6H10O2/c1-4-3-6(4,2)5(7)8/h4H,3H2,1-2H3,(H,7,8)/t4?,6-/m0/s1. The molecule has 0 radical (unpaired) electrons. The van der Waals surface area contributed by atoms with Crippen LogP contribution in [0, 0.1) is 11.3 Å². The molecule has 0 aromatic carbocycles. The summed E-state index contributed by atoms with van der Waals surface area (Å²) in [6.07, 6.45) is 0.850. The maximum absolute atomic E-state index is 10.3. The molecule has 1 fully saturated rings. The van der Waals surface area contributed by atoms with E-state index in [1.54, 1.807) is 6.92 Å². The number of rotatable bonds is 1. The van der Waals surface area contributed by atoms with Crippen LogP contribution in [0.1, 0.15) is 20.3 Å². The lowest BCUT2D eigenvalue weighted by atomic mass is 10.1. The molecule has 1 N–H and O–H groups in total. The molecule has 1 saturated carbocycles. The first kappa shape index (κ1) is 5.60. The molecule has 0 aromatic rings. The van der Waals surface area contributed by atoms with Gasteiger partial charge in [-0.05, 0) is 19.3 Å². The lowest BCUT2D eigenvalue weighted by molar-refractivity contribution is -0.143. The summed E-state index contributed by atoms with van der Waals surface area (Å²) in [5.74, 6) is -0.259. The van der Waals surface area contributed by atoms with Gasteiger partial charge < -0.3 is 5.11 Å². The third-order valence-electron chi connectivity index (χ3n) is 2.15. The molecule has 0 aromatic heterocycles. The summed E-state index contributed by atoms with van der Waals surface area (Å²) in [6, 6.07) is 0. The minimum atomic E-state index is -0.648. The lowest BCUT2D eigenvalue weighted by Gasteiger charge is -1.98. The highest BCUT2D eigenvalue weighted by Crippen LogP contribution is 2.51. The van der Waals surface area contributed by atoms with E-state index in [0.717, 1.165) is 6.42 Å². The molecule has 0 saturated heterocycles. The van der Waals surface area contributed by atoms with E-state index >= 15 is 0 Å². The van der Waals surface area contributed by atoms with Gasteiger partial charge >= 0.3 is 5.97 Å². The Morgan fingerprint density at radius 1 is 1.88 bits per heavy atom. The molecule has 0 spiro atoms. The average molecular weight is 114 g/mol. The van der Waals surface area contributed by atoms with Crippen LogP contribution >= 0.6 is 0 Å². The largest absolute Gasteiger partial charge is 0.481 e. The Kier molecular flexibility index (Phi) is 0.872. The molecule has 0 heterocycles. The maximum Gasteiger partial charge on any atom is 0.309 e. The van der Waals surface area contributed by atoms with E-state index in [1.165, 1.54) is 0 Å². The van der Waals surface area contributed by atoms with Gasteiger partial charge in [0.1, 0.15) is 0 Å². The van der Waals surface area contributed by atoms with Crippen LogP contribution in [0.4, 0.5) is 0 Å². The molecule has 2 atom stereocenters. The zero-order chi connectivity index (χ0) is 6.36. The van der Waals surface area contributed by atoms with E-state index in [1.807, 2.05) is 6.92 Å². The number of carboxylic acid groups (broad SMARTS) is 1.